The van der Waals surface area contributed by atoms with Gasteiger partial charge in [0, 0.05) is 26.6 Å². The summed E-state index contributed by atoms with van der Waals surface area (Å²) in [5.74, 6) is 2.70. The number of aryl methyl sites for hydroxylation is 1. The Bertz CT molecular complexity index is 1130. The lowest BCUT2D eigenvalue weighted by molar-refractivity contribution is -0.148. The molecule has 2 aromatic rings. The number of fused-ring (bicyclic) bond motifs is 2. The summed E-state index contributed by atoms with van der Waals surface area (Å²) in [6.07, 6.45) is 7.67. The Morgan fingerprint density at radius 3 is 2.42 bits per heavy atom. The molecule has 5 rings (SSSR count). The van der Waals surface area contributed by atoms with Gasteiger partial charge in [0.2, 0.25) is 11.8 Å². The van der Waals surface area contributed by atoms with Crippen LogP contribution in [0.15, 0.2) is 42.5 Å². The molecule has 0 saturated carbocycles. The fraction of sp³-hybridized carbons (Fsp3) is 0.548. The van der Waals surface area contributed by atoms with Crippen LogP contribution in [-0.2, 0) is 22.4 Å². The highest BCUT2D eigenvalue weighted by molar-refractivity contribution is 5.84. The zero-order valence-electron chi connectivity index (χ0n) is 22.6. The number of rotatable bonds is 2. The van der Waals surface area contributed by atoms with Gasteiger partial charge in [-0.15, -0.1) is 0 Å². The molecule has 0 aliphatic carbocycles. The van der Waals surface area contributed by atoms with Gasteiger partial charge in [-0.25, -0.2) is 0 Å². The van der Waals surface area contributed by atoms with E-state index in [1.54, 1.807) is 0 Å². The first-order valence-corrected chi connectivity index (χ1v) is 14.2. The maximum Gasteiger partial charge on any atom is 0.228 e. The predicted molar refractivity (Wildman–Crippen MR) is 146 cm³/mol. The summed E-state index contributed by atoms with van der Waals surface area (Å²) in [6.45, 7) is 3.54. The number of piperidine rings is 1. The minimum absolute atomic E-state index is 0.103. The molecule has 1 fully saturated rings. The average molecular weight is 521 g/mol. The predicted octanol–water partition coefficient (Wildman–Crippen LogP) is 4.65. The summed E-state index contributed by atoms with van der Waals surface area (Å²) in [7, 11) is 1.89. The zero-order chi connectivity index (χ0) is 26.4. The maximum absolute atomic E-state index is 13.7. The van der Waals surface area contributed by atoms with Crippen LogP contribution >= 0.6 is 0 Å². The van der Waals surface area contributed by atoms with Gasteiger partial charge in [-0.05, 0) is 61.4 Å². The van der Waals surface area contributed by atoms with E-state index in [4.69, 9.17) is 14.2 Å². The summed E-state index contributed by atoms with van der Waals surface area (Å²) < 4.78 is 17.6. The van der Waals surface area contributed by atoms with E-state index in [1.807, 2.05) is 47.2 Å². The minimum Gasteiger partial charge on any atom is -0.491 e. The molecule has 0 bridgehead atoms. The zero-order valence-corrected chi connectivity index (χ0v) is 22.6. The highest BCUT2D eigenvalue weighted by Gasteiger charge is 2.43. The van der Waals surface area contributed by atoms with Crippen molar-refractivity contribution in [1.29, 1.82) is 0 Å². The third kappa shape index (κ3) is 6.08. The van der Waals surface area contributed by atoms with Gasteiger partial charge < -0.3 is 24.0 Å². The Kier molecular flexibility index (Phi) is 8.40. The van der Waals surface area contributed by atoms with Crippen LogP contribution in [0.4, 0.5) is 0 Å². The lowest BCUT2D eigenvalue weighted by Crippen LogP contribution is -2.51. The van der Waals surface area contributed by atoms with Crippen molar-refractivity contribution >= 4 is 11.8 Å². The molecule has 1 saturated heterocycles. The molecule has 0 aromatic heterocycles. The van der Waals surface area contributed by atoms with E-state index >= 15 is 0 Å². The third-order valence-corrected chi connectivity index (χ3v) is 8.30. The van der Waals surface area contributed by atoms with Crippen molar-refractivity contribution in [3.63, 3.8) is 0 Å². The Morgan fingerprint density at radius 2 is 1.58 bits per heavy atom. The van der Waals surface area contributed by atoms with E-state index in [1.165, 1.54) is 5.56 Å². The molecule has 3 aliphatic heterocycles. The Labute approximate surface area is 226 Å². The van der Waals surface area contributed by atoms with E-state index in [9.17, 15) is 9.59 Å². The monoisotopic (exact) mass is 520 g/mol. The Hall–Kier alpha value is -3.22. The smallest absolute Gasteiger partial charge is 0.228 e. The van der Waals surface area contributed by atoms with Crippen molar-refractivity contribution in [2.45, 2.75) is 57.8 Å². The summed E-state index contributed by atoms with van der Waals surface area (Å²) in [5.41, 5.74) is 1.77. The van der Waals surface area contributed by atoms with E-state index in [0.717, 1.165) is 61.3 Å². The molecule has 3 aliphatic rings. The lowest BCUT2D eigenvalue weighted by atomic mass is 9.73. The molecular formula is C31H40N2O5. The number of benzene rings is 2. The molecule has 7 heteroatoms. The largest absolute Gasteiger partial charge is 0.491 e. The van der Waals surface area contributed by atoms with Gasteiger partial charge >= 0.3 is 0 Å². The van der Waals surface area contributed by atoms with Gasteiger partial charge in [0.25, 0.3) is 0 Å². The summed E-state index contributed by atoms with van der Waals surface area (Å²) in [4.78, 5) is 30.7. The van der Waals surface area contributed by atoms with Crippen LogP contribution in [0.3, 0.4) is 0 Å². The molecule has 0 unspecified atom stereocenters. The summed E-state index contributed by atoms with van der Waals surface area (Å²) in [5, 5.41) is 0. The number of hydrogen-bond acceptors (Lipinski definition) is 5. The Balaban J connectivity index is 1.21. The van der Waals surface area contributed by atoms with Crippen LogP contribution in [0.2, 0.25) is 0 Å². The molecular weight excluding hydrogens is 480 g/mol. The standard InChI is InChI=1S/C31H40N2O5/c1-32-18-21-38-26-10-5-4-9-25(26)8-3-2-6-13-31(30(32)35)14-16-33(17-15-31)29(34)23-24-11-12-27-28(22-24)37-20-7-19-36-27/h4-5,9-12,22H,2-3,6-8,13-21,23H2,1H3. The van der Waals surface area contributed by atoms with Crippen molar-refractivity contribution in [2.75, 3.05) is 46.5 Å². The lowest BCUT2D eigenvalue weighted by Gasteiger charge is -2.42. The molecule has 2 aromatic carbocycles. The molecule has 38 heavy (non-hydrogen) atoms. The van der Waals surface area contributed by atoms with Crippen LogP contribution in [0.1, 0.15) is 56.1 Å². The first-order chi connectivity index (χ1) is 18.5. The number of carbonyl (C=O) groups is 2. The van der Waals surface area contributed by atoms with E-state index in [0.29, 0.717) is 58.7 Å². The second-order valence-electron chi connectivity index (χ2n) is 10.9. The van der Waals surface area contributed by atoms with E-state index < -0.39 is 5.41 Å². The van der Waals surface area contributed by atoms with Crippen molar-refractivity contribution in [2.24, 2.45) is 5.41 Å². The second kappa shape index (κ2) is 12.1. The average Bonchev–Trinajstić information content (AvgIpc) is 3.18. The van der Waals surface area contributed by atoms with Crippen LogP contribution in [-0.4, -0.2) is 68.1 Å². The fourth-order valence-corrected chi connectivity index (χ4v) is 5.96. The van der Waals surface area contributed by atoms with Gasteiger partial charge in [-0.1, -0.05) is 37.1 Å². The highest BCUT2D eigenvalue weighted by atomic mass is 16.5. The first kappa shape index (κ1) is 26.4. The minimum atomic E-state index is -0.401. The van der Waals surface area contributed by atoms with Crippen molar-refractivity contribution in [1.82, 2.24) is 9.80 Å². The number of para-hydroxylation sites is 1. The van der Waals surface area contributed by atoms with E-state index in [-0.39, 0.29) is 11.8 Å². The molecule has 0 atom stereocenters. The van der Waals surface area contributed by atoms with Crippen LogP contribution in [0.25, 0.3) is 0 Å². The van der Waals surface area contributed by atoms with Crippen molar-refractivity contribution in [3.8, 4) is 17.2 Å². The number of amides is 2. The SMILES string of the molecule is CN1CCOc2ccccc2CCCCCC2(CCN(C(=O)Cc3ccc4c(c3)OCCCO4)CC2)C1=O. The Morgan fingerprint density at radius 1 is 0.816 bits per heavy atom. The number of carbonyl (C=O) groups excluding carboxylic acids is 2. The summed E-state index contributed by atoms with van der Waals surface area (Å²) in [6, 6.07) is 14.0. The van der Waals surface area contributed by atoms with E-state index in [2.05, 4.69) is 12.1 Å². The highest BCUT2D eigenvalue weighted by Crippen LogP contribution is 2.39. The second-order valence-corrected chi connectivity index (χ2v) is 10.9. The van der Waals surface area contributed by atoms with Crippen molar-refractivity contribution < 1.29 is 23.8 Å². The molecule has 0 N–H and O–H groups in total. The van der Waals surface area contributed by atoms with Gasteiger partial charge in [-0.2, -0.15) is 0 Å². The van der Waals surface area contributed by atoms with Gasteiger partial charge in [-0.3, -0.25) is 9.59 Å². The van der Waals surface area contributed by atoms with Gasteiger partial charge in [0.15, 0.2) is 11.5 Å². The van der Waals surface area contributed by atoms with Gasteiger partial charge in [0.1, 0.15) is 12.4 Å². The van der Waals surface area contributed by atoms with Crippen LogP contribution < -0.4 is 14.2 Å². The fourth-order valence-electron chi connectivity index (χ4n) is 5.96. The first-order valence-electron chi connectivity index (χ1n) is 14.2. The van der Waals surface area contributed by atoms with Crippen LogP contribution in [0.5, 0.6) is 17.2 Å². The maximum atomic E-state index is 13.7. The molecule has 3 heterocycles. The van der Waals surface area contributed by atoms with Gasteiger partial charge in [0.05, 0.1) is 31.6 Å². The third-order valence-electron chi connectivity index (χ3n) is 8.30. The number of likely N-dealkylation sites (N-methyl/N-ethyl adjacent to an activating group) is 1. The van der Waals surface area contributed by atoms with Crippen molar-refractivity contribution in [3.05, 3.63) is 53.6 Å². The molecule has 7 nitrogen and oxygen atoms in total. The quantitative estimate of drug-likeness (QED) is 0.577. The molecule has 204 valence electrons. The number of likely N-dealkylation sites (tertiary alicyclic amines) is 1. The topological polar surface area (TPSA) is 68.3 Å². The summed E-state index contributed by atoms with van der Waals surface area (Å²) >= 11 is 0. The number of ether oxygens (including phenoxy) is 3. The number of hydrogen-bond donors (Lipinski definition) is 0. The molecule has 1 spiro atoms. The molecule has 0 radical (unpaired) electrons. The van der Waals surface area contributed by atoms with Crippen LogP contribution in [0, 0.1) is 5.41 Å². The number of nitrogens with zero attached hydrogens (tertiary/aromatic N) is 2. The normalized spacial score (nSPS) is 20.3. The molecule has 2 amide bonds.